The predicted octanol–water partition coefficient (Wildman–Crippen LogP) is 3.72. The zero-order chi connectivity index (χ0) is 14.7. The Bertz CT molecular complexity index is 667. The number of nitrogens with zero attached hydrogens (tertiary/aromatic N) is 2. The minimum absolute atomic E-state index is 0.405. The Morgan fingerprint density at radius 3 is 1.71 bits per heavy atom. The molecule has 0 bridgehead atoms. The van der Waals surface area contributed by atoms with Gasteiger partial charge in [0.05, 0.1) is 0 Å². The fourth-order valence-electron chi connectivity index (χ4n) is 2.24. The van der Waals surface area contributed by atoms with Crippen molar-refractivity contribution in [3.8, 4) is 0 Å². The van der Waals surface area contributed by atoms with Gasteiger partial charge in [-0.15, -0.1) is 0 Å². The molecular weight excluding hydrogens is 260 g/mol. The average Bonchev–Trinajstić information content (AvgIpc) is 2.49. The number of hydrogen-bond donors (Lipinski definition) is 2. The van der Waals surface area contributed by atoms with Crippen molar-refractivity contribution in [1.29, 1.82) is 0 Å². The maximum atomic E-state index is 5.91. The van der Waals surface area contributed by atoms with Crippen LogP contribution in [0.5, 0.6) is 0 Å². The van der Waals surface area contributed by atoms with E-state index in [2.05, 4.69) is 4.98 Å². The summed E-state index contributed by atoms with van der Waals surface area (Å²) in [6, 6.07) is 23.5. The highest BCUT2D eigenvalue weighted by Gasteiger charge is 2.13. The standard InChI is InChI=1S/C17H16N4/c18-13-11-16(19)20-17(12-13)21(14-7-3-1-4-8-14)15-9-5-2-6-10-15/h1-12H,(H4,18,19,20). The van der Waals surface area contributed by atoms with E-state index in [1.54, 1.807) is 6.07 Å². The lowest BCUT2D eigenvalue weighted by Crippen LogP contribution is -2.12. The molecule has 4 nitrogen and oxygen atoms in total. The molecule has 0 unspecified atom stereocenters. The number of rotatable bonds is 3. The lowest BCUT2D eigenvalue weighted by Gasteiger charge is -2.24. The molecule has 0 fully saturated rings. The van der Waals surface area contributed by atoms with Gasteiger partial charge in [0.2, 0.25) is 0 Å². The van der Waals surface area contributed by atoms with Crippen LogP contribution in [0.15, 0.2) is 72.8 Å². The molecule has 1 aromatic heterocycles. The predicted molar refractivity (Wildman–Crippen MR) is 87.7 cm³/mol. The van der Waals surface area contributed by atoms with Crippen molar-refractivity contribution in [2.45, 2.75) is 0 Å². The van der Waals surface area contributed by atoms with E-state index in [0.717, 1.165) is 11.4 Å². The third-order valence-electron chi connectivity index (χ3n) is 3.11. The third-order valence-corrected chi connectivity index (χ3v) is 3.11. The van der Waals surface area contributed by atoms with E-state index in [9.17, 15) is 0 Å². The van der Waals surface area contributed by atoms with Crippen LogP contribution in [-0.4, -0.2) is 4.98 Å². The minimum atomic E-state index is 0.405. The Kier molecular flexibility index (Phi) is 3.43. The average molecular weight is 276 g/mol. The van der Waals surface area contributed by atoms with Crippen molar-refractivity contribution in [3.63, 3.8) is 0 Å². The second kappa shape index (κ2) is 5.54. The Labute approximate surface area is 123 Å². The van der Waals surface area contributed by atoms with Gasteiger partial charge in [0.1, 0.15) is 11.6 Å². The SMILES string of the molecule is Nc1cc(N)nc(N(c2ccccc2)c2ccccc2)c1. The molecule has 0 radical (unpaired) electrons. The Hall–Kier alpha value is -3.01. The van der Waals surface area contributed by atoms with Gasteiger partial charge in [-0.2, -0.15) is 0 Å². The summed E-state index contributed by atoms with van der Waals surface area (Å²) < 4.78 is 0. The Morgan fingerprint density at radius 2 is 1.24 bits per heavy atom. The summed E-state index contributed by atoms with van der Waals surface area (Å²) in [6.07, 6.45) is 0. The van der Waals surface area contributed by atoms with Gasteiger partial charge in [-0.3, -0.25) is 4.90 Å². The van der Waals surface area contributed by atoms with E-state index >= 15 is 0 Å². The van der Waals surface area contributed by atoms with Crippen LogP contribution in [0.2, 0.25) is 0 Å². The van der Waals surface area contributed by atoms with E-state index in [-0.39, 0.29) is 0 Å². The van der Waals surface area contributed by atoms with Gasteiger partial charge in [-0.25, -0.2) is 4.98 Å². The van der Waals surface area contributed by atoms with Gasteiger partial charge in [0.25, 0.3) is 0 Å². The van der Waals surface area contributed by atoms with Crippen molar-refractivity contribution >= 4 is 28.7 Å². The Morgan fingerprint density at radius 1 is 0.714 bits per heavy atom. The normalized spacial score (nSPS) is 10.3. The number of nitrogen functional groups attached to an aromatic ring is 2. The first-order chi connectivity index (χ1) is 10.2. The summed E-state index contributed by atoms with van der Waals surface area (Å²) in [4.78, 5) is 6.43. The van der Waals surface area contributed by atoms with Gasteiger partial charge in [-0.1, -0.05) is 36.4 Å². The van der Waals surface area contributed by atoms with Crippen LogP contribution in [0, 0.1) is 0 Å². The smallest absolute Gasteiger partial charge is 0.142 e. The highest BCUT2D eigenvalue weighted by Crippen LogP contribution is 2.33. The van der Waals surface area contributed by atoms with E-state index < -0.39 is 0 Å². The number of pyridine rings is 1. The first kappa shape index (κ1) is 13.0. The largest absolute Gasteiger partial charge is 0.399 e. The summed E-state index contributed by atoms with van der Waals surface area (Å²) in [6.45, 7) is 0. The molecular formula is C17H16N4. The minimum Gasteiger partial charge on any atom is -0.399 e. The first-order valence-electron chi connectivity index (χ1n) is 6.67. The van der Waals surface area contributed by atoms with Crippen molar-refractivity contribution in [1.82, 2.24) is 4.98 Å². The van der Waals surface area contributed by atoms with Crippen LogP contribution in [-0.2, 0) is 0 Å². The quantitative estimate of drug-likeness (QED) is 0.765. The van der Waals surface area contributed by atoms with Crippen LogP contribution < -0.4 is 16.4 Å². The summed E-state index contributed by atoms with van der Waals surface area (Å²) >= 11 is 0. The highest BCUT2D eigenvalue weighted by molar-refractivity contribution is 5.76. The number of aromatic nitrogens is 1. The molecule has 104 valence electrons. The van der Waals surface area contributed by atoms with Crippen LogP contribution in [0.25, 0.3) is 0 Å². The van der Waals surface area contributed by atoms with Crippen LogP contribution in [0.4, 0.5) is 28.7 Å². The Balaban J connectivity index is 2.17. The van der Waals surface area contributed by atoms with E-state index in [1.807, 2.05) is 71.6 Å². The lowest BCUT2D eigenvalue weighted by molar-refractivity contribution is 1.19. The summed E-state index contributed by atoms with van der Waals surface area (Å²) in [5.74, 6) is 1.10. The summed E-state index contributed by atoms with van der Waals surface area (Å²) in [5.41, 5.74) is 14.3. The van der Waals surface area contributed by atoms with E-state index in [4.69, 9.17) is 11.5 Å². The molecule has 0 saturated carbocycles. The monoisotopic (exact) mass is 276 g/mol. The highest BCUT2D eigenvalue weighted by atomic mass is 15.2. The molecule has 3 rings (SSSR count). The van der Waals surface area contributed by atoms with Gasteiger partial charge in [0.15, 0.2) is 0 Å². The summed E-state index contributed by atoms with van der Waals surface area (Å²) in [5, 5.41) is 0. The molecule has 4 heteroatoms. The fraction of sp³-hybridized carbons (Fsp3) is 0. The zero-order valence-electron chi connectivity index (χ0n) is 11.5. The van der Waals surface area contributed by atoms with Crippen LogP contribution in [0.1, 0.15) is 0 Å². The molecule has 0 spiro atoms. The third kappa shape index (κ3) is 2.79. The maximum absolute atomic E-state index is 5.91. The fourth-order valence-corrected chi connectivity index (χ4v) is 2.24. The van der Waals surface area contributed by atoms with Gasteiger partial charge in [-0.05, 0) is 24.3 Å². The number of hydrogen-bond acceptors (Lipinski definition) is 4. The number of para-hydroxylation sites is 2. The lowest BCUT2D eigenvalue weighted by atomic mass is 10.2. The number of anilines is 5. The molecule has 0 aliphatic heterocycles. The van der Waals surface area contributed by atoms with Crippen LogP contribution in [0.3, 0.4) is 0 Å². The van der Waals surface area contributed by atoms with Crippen LogP contribution >= 0.6 is 0 Å². The summed E-state index contributed by atoms with van der Waals surface area (Å²) in [7, 11) is 0. The molecule has 0 saturated heterocycles. The molecule has 21 heavy (non-hydrogen) atoms. The second-order valence-corrected chi connectivity index (χ2v) is 4.69. The number of nitrogens with two attached hydrogens (primary N) is 2. The van der Waals surface area contributed by atoms with Gasteiger partial charge < -0.3 is 11.5 Å². The first-order valence-corrected chi connectivity index (χ1v) is 6.67. The van der Waals surface area contributed by atoms with E-state index in [0.29, 0.717) is 17.3 Å². The van der Waals surface area contributed by atoms with E-state index in [1.165, 1.54) is 0 Å². The number of benzene rings is 2. The van der Waals surface area contributed by atoms with Gasteiger partial charge in [0, 0.05) is 29.2 Å². The molecule has 1 heterocycles. The molecule has 3 aromatic rings. The zero-order valence-corrected chi connectivity index (χ0v) is 11.5. The molecule has 0 aliphatic rings. The molecule has 0 atom stereocenters. The second-order valence-electron chi connectivity index (χ2n) is 4.69. The van der Waals surface area contributed by atoms with Crippen molar-refractivity contribution in [2.24, 2.45) is 0 Å². The van der Waals surface area contributed by atoms with Crippen molar-refractivity contribution < 1.29 is 0 Å². The molecule has 0 amide bonds. The van der Waals surface area contributed by atoms with Crippen molar-refractivity contribution in [2.75, 3.05) is 16.4 Å². The molecule has 0 aliphatic carbocycles. The van der Waals surface area contributed by atoms with Gasteiger partial charge >= 0.3 is 0 Å². The van der Waals surface area contributed by atoms with Crippen molar-refractivity contribution in [3.05, 3.63) is 72.8 Å². The molecule has 4 N–H and O–H groups in total. The molecule has 2 aromatic carbocycles. The topological polar surface area (TPSA) is 68.2 Å². The maximum Gasteiger partial charge on any atom is 0.142 e.